The molecule has 0 atom stereocenters. The van der Waals surface area contributed by atoms with E-state index in [4.69, 9.17) is 0 Å². The smallest absolute Gasteiger partial charge is 0.221 e. The molecule has 0 saturated carbocycles. The first-order valence-corrected chi connectivity index (χ1v) is 6.33. The van der Waals surface area contributed by atoms with Crippen LogP contribution in [0.4, 0.5) is 0 Å². The van der Waals surface area contributed by atoms with Crippen molar-refractivity contribution in [1.82, 2.24) is 10.2 Å². The summed E-state index contributed by atoms with van der Waals surface area (Å²) in [5.74, 6) is 0.0921. The minimum atomic E-state index is 0.0921. The highest BCUT2D eigenvalue weighted by atomic mass is 127. The van der Waals surface area contributed by atoms with E-state index in [2.05, 4.69) is 57.1 Å². The Morgan fingerprint density at radius 3 is 2.56 bits per heavy atom. The van der Waals surface area contributed by atoms with Gasteiger partial charge in [0.2, 0.25) is 5.91 Å². The van der Waals surface area contributed by atoms with Crippen LogP contribution < -0.4 is 5.32 Å². The summed E-state index contributed by atoms with van der Waals surface area (Å²) >= 11 is 2.29. The zero-order valence-electron chi connectivity index (χ0n) is 9.66. The summed E-state index contributed by atoms with van der Waals surface area (Å²) in [6.45, 7) is 1.67. The second kappa shape index (κ2) is 6.85. The quantitative estimate of drug-likeness (QED) is 0.835. The molecule has 88 valence electrons. The maximum absolute atomic E-state index is 11.1. The van der Waals surface area contributed by atoms with E-state index in [0.717, 1.165) is 13.1 Å². The van der Waals surface area contributed by atoms with Crippen molar-refractivity contribution in [3.05, 3.63) is 33.4 Å². The molecule has 4 heteroatoms. The van der Waals surface area contributed by atoms with Crippen LogP contribution in [0.25, 0.3) is 0 Å². The number of benzene rings is 1. The van der Waals surface area contributed by atoms with Crippen molar-refractivity contribution in [3.63, 3.8) is 0 Å². The molecule has 0 bridgehead atoms. The fraction of sp³-hybridized carbons (Fsp3) is 0.417. The first-order valence-electron chi connectivity index (χ1n) is 5.25. The average molecular weight is 332 g/mol. The normalized spacial score (nSPS) is 10.5. The number of carbonyl (C=O) groups excluding carboxylic acids is 1. The average Bonchev–Trinajstić information content (AvgIpc) is 2.29. The third kappa shape index (κ3) is 4.94. The van der Waals surface area contributed by atoms with E-state index < -0.39 is 0 Å². The molecule has 0 aliphatic carbocycles. The minimum absolute atomic E-state index is 0.0921. The molecule has 16 heavy (non-hydrogen) atoms. The van der Waals surface area contributed by atoms with Crippen LogP contribution >= 0.6 is 22.6 Å². The molecule has 1 amide bonds. The van der Waals surface area contributed by atoms with Crippen molar-refractivity contribution >= 4 is 28.5 Å². The van der Waals surface area contributed by atoms with E-state index in [-0.39, 0.29) is 5.91 Å². The molecule has 1 aromatic carbocycles. The highest BCUT2D eigenvalue weighted by Gasteiger charge is 2.03. The molecule has 1 rings (SSSR count). The van der Waals surface area contributed by atoms with Crippen molar-refractivity contribution < 1.29 is 4.79 Å². The van der Waals surface area contributed by atoms with Gasteiger partial charge >= 0.3 is 0 Å². The Morgan fingerprint density at radius 1 is 1.38 bits per heavy atom. The monoisotopic (exact) mass is 332 g/mol. The van der Waals surface area contributed by atoms with E-state index in [9.17, 15) is 4.79 Å². The highest BCUT2D eigenvalue weighted by Crippen LogP contribution is 2.08. The number of carbonyl (C=O) groups is 1. The van der Waals surface area contributed by atoms with E-state index in [0.29, 0.717) is 6.42 Å². The van der Waals surface area contributed by atoms with Gasteiger partial charge in [0.15, 0.2) is 0 Å². The number of amides is 1. The molecule has 0 radical (unpaired) electrons. The summed E-state index contributed by atoms with van der Waals surface area (Å²) in [5, 5.41) is 2.63. The Hall–Kier alpha value is -0.620. The topological polar surface area (TPSA) is 32.3 Å². The summed E-state index contributed by atoms with van der Waals surface area (Å²) in [7, 11) is 3.70. The summed E-state index contributed by atoms with van der Waals surface area (Å²) in [4.78, 5) is 13.2. The van der Waals surface area contributed by atoms with Gasteiger partial charge in [-0.05, 0) is 47.3 Å². The van der Waals surface area contributed by atoms with Crippen molar-refractivity contribution in [1.29, 1.82) is 0 Å². The van der Waals surface area contributed by atoms with Gasteiger partial charge in [-0.1, -0.05) is 12.1 Å². The van der Waals surface area contributed by atoms with E-state index in [1.165, 1.54) is 9.13 Å². The molecule has 0 heterocycles. The van der Waals surface area contributed by atoms with Crippen LogP contribution in [-0.4, -0.2) is 31.4 Å². The van der Waals surface area contributed by atoms with Crippen LogP contribution in [0.3, 0.4) is 0 Å². The highest BCUT2D eigenvalue weighted by molar-refractivity contribution is 14.1. The van der Waals surface area contributed by atoms with Crippen molar-refractivity contribution in [2.24, 2.45) is 0 Å². The zero-order valence-corrected chi connectivity index (χ0v) is 11.8. The largest absolute Gasteiger partial charge is 0.359 e. The molecule has 0 unspecified atom stereocenters. The molecule has 0 saturated heterocycles. The SMILES string of the molecule is CNC(=O)CCN(C)Cc1ccc(I)cc1. The molecule has 0 aliphatic rings. The lowest BCUT2D eigenvalue weighted by Crippen LogP contribution is -2.26. The first kappa shape index (κ1) is 13.4. The standard InChI is InChI=1S/C12H17IN2O/c1-14-12(16)7-8-15(2)9-10-3-5-11(13)6-4-10/h3-6H,7-9H2,1-2H3,(H,14,16). The Labute approximate surface area is 110 Å². The molecule has 1 aromatic rings. The number of nitrogens with zero attached hydrogens (tertiary/aromatic N) is 1. The van der Waals surface area contributed by atoms with Gasteiger partial charge in [-0.15, -0.1) is 0 Å². The van der Waals surface area contributed by atoms with E-state index in [1.807, 2.05) is 7.05 Å². The first-order chi connectivity index (χ1) is 7.61. The minimum Gasteiger partial charge on any atom is -0.359 e. The maximum Gasteiger partial charge on any atom is 0.221 e. The van der Waals surface area contributed by atoms with Crippen LogP contribution in [0.2, 0.25) is 0 Å². The lowest BCUT2D eigenvalue weighted by molar-refractivity contribution is -0.120. The van der Waals surface area contributed by atoms with Crippen molar-refractivity contribution in [2.45, 2.75) is 13.0 Å². The summed E-state index contributed by atoms with van der Waals surface area (Å²) in [6.07, 6.45) is 0.553. The van der Waals surface area contributed by atoms with Crippen molar-refractivity contribution in [3.8, 4) is 0 Å². The zero-order chi connectivity index (χ0) is 12.0. The number of rotatable bonds is 5. The fourth-order valence-corrected chi connectivity index (χ4v) is 1.76. The van der Waals surface area contributed by atoms with Gasteiger partial charge in [0.25, 0.3) is 0 Å². The molecule has 1 N–H and O–H groups in total. The second-order valence-corrected chi connectivity index (χ2v) is 5.03. The number of hydrogen-bond donors (Lipinski definition) is 1. The Kier molecular flexibility index (Phi) is 5.76. The number of halogens is 1. The predicted octanol–water partition coefficient (Wildman–Crippen LogP) is 1.86. The Bertz CT molecular complexity index is 337. The molecular weight excluding hydrogens is 315 g/mol. The third-order valence-electron chi connectivity index (χ3n) is 2.37. The maximum atomic E-state index is 11.1. The van der Waals surface area contributed by atoms with Gasteiger partial charge < -0.3 is 10.2 Å². The van der Waals surface area contributed by atoms with Gasteiger partial charge in [-0.3, -0.25) is 4.79 Å². The summed E-state index contributed by atoms with van der Waals surface area (Å²) in [6, 6.07) is 8.45. The van der Waals surface area contributed by atoms with Crippen LogP contribution in [0, 0.1) is 3.57 Å². The van der Waals surface area contributed by atoms with Crippen LogP contribution in [-0.2, 0) is 11.3 Å². The number of hydrogen-bond acceptors (Lipinski definition) is 2. The van der Waals surface area contributed by atoms with E-state index in [1.54, 1.807) is 7.05 Å². The second-order valence-electron chi connectivity index (χ2n) is 3.79. The molecular formula is C12H17IN2O. The van der Waals surface area contributed by atoms with Crippen LogP contribution in [0.15, 0.2) is 24.3 Å². The van der Waals surface area contributed by atoms with Gasteiger partial charge in [-0.2, -0.15) is 0 Å². The molecule has 0 aromatic heterocycles. The number of nitrogens with one attached hydrogen (secondary N) is 1. The summed E-state index contributed by atoms with van der Waals surface area (Å²) < 4.78 is 1.24. The predicted molar refractivity (Wildman–Crippen MR) is 74.2 cm³/mol. The lowest BCUT2D eigenvalue weighted by atomic mass is 10.2. The lowest BCUT2D eigenvalue weighted by Gasteiger charge is -2.16. The van der Waals surface area contributed by atoms with Gasteiger partial charge in [-0.25, -0.2) is 0 Å². The van der Waals surface area contributed by atoms with Crippen molar-refractivity contribution in [2.75, 3.05) is 20.6 Å². The fourth-order valence-electron chi connectivity index (χ4n) is 1.40. The molecule has 0 spiro atoms. The van der Waals surface area contributed by atoms with Gasteiger partial charge in [0.1, 0.15) is 0 Å². The summed E-state index contributed by atoms with van der Waals surface area (Å²) in [5.41, 5.74) is 1.28. The molecule has 0 fully saturated rings. The molecule has 0 aliphatic heterocycles. The third-order valence-corrected chi connectivity index (χ3v) is 3.08. The van der Waals surface area contributed by atoms with Crippen LogP contribution in [0.5, 0.6) is 0 Å². The van der Waals surface area contributed by atoms with Crippen LogP contribution in [0.1, 0.15) is 12.0 Å². The Morgan fingerprint density at radius 2 is 2.00 bits per heavy atom. The van der Waals surface area contributed by atoms with Gasteiger partial charge in [0, 0.05) is 30.1 Å². The molecule has 3 nitrogen and oxygen atoms in total. The van der Waals surface area contributed by atoms with E-state index >= 15 is 0 Å². The Balaban J connectivity index is 2.36. The van der Waals surface area contributed by atoms with Gasteiger partial charge in [0.05, 0.1) is 0 Å².